The number of carbonyl (C=O) groups excluding carboxylic acids is 1. The normalized spacial score (nSPS) is 17.3. The van der Waals surface area contributed by atoms with E-state index in [0.717, 1.165) is 65.1 Å². The zero-order valence-electron chi connectivity index (χ0n) is 22.6. The molecule has 4 rings (SSSR count). The molecular formula is C29H39N3O4. The maximum absolute atomic E-state index is 13.4. The van der Waals surface area contributed by atoms with Crippen LogP contribution in [0.4, 0.5) is 4.79 Å². The third kappa shape index (κ3) is 5.13. The van der Waals surface area contributed by atoms with Crippen molar-refractivity contribution in [3.8, 4) is 11.1 Å². The van der Waals surface area contributed by atoms with Crippen LogP contribution in [0.3, 0.4) is 0 Å². The second-order valence-corrected chi connectivity index (χ2v) is 11.2. The van der Waals surface area contributed by atoms with E-state index in [1.54, 1.807) is 0 Å². The molecule has 1 saturated heterocycles. The summed E-state index contributed by atoms with van der Waals surface area (Å²) in [6.07, 6.45) is -1.12. The van der Waals surface area contributed by atoms with Crippen molar-refractivity contribution in [3.05, 3.63) is 57.6 Å². The van der Waals surface area contributed by atoms with E-state index < -0.39 is 17.7 Å². The molecule has 2 aromatic rings. The number of nitrogens with zero attached hydrogens (tertiary/aromatic N) is 3. The summed E-state index contributed by atoms with van der Waals surface area (Å²) in [5.74, 6) is -1.01. The van der Waals surface area contributed by atoms with Gasteiger partial charge in [-0.05, 0) is 82.0 Å². The fraction of sp³-hybridized carbons (Fsp3) is 0.517. The topological polar surface area (TPSA) is 73.3 Å². The van der Waals surface area contributed by atoms with E-state index in [4.69, 9.17) is 4.74 Å². The first-order valence-electron chi connectivity index (χ1n) is 12.7. The molecule has 1 unspecified atom stereocenters. The molecule has 1 fully saturated rings. The summed E-state index contributed by atoms with van der Waals surface area (Å²) in [5.41, 5.74) is 7.13. The molecule has 0 spiro atoms. The molecule has 7 nitrogen and oxygen atoms in total. The van der Waals surface area contributed by atoms with Crippen molar-refractivity contribution < 1.29 is 19.4 Å². The maximum Gasteiger partial charge on any atom is 0.337 e. The van der Waals surface area contributed by atoms with Crippen molar-refractivity contribution in [3.63, 3.8) is 0 Å². The molecule has 1 atom stereocenters. The number of amides is 2. The van der Waals surface area contributed by atoms with Gasteiger partial charge < -0.3 is 24.5 Å². The number of carboxylic acids is 1. The lowest BCUT2D eigenvalue weighted by Crippen LogP contribution is -2.50. The van der Waals surface area contributed by atoms with Crippen LogP contribution in [0.25, 0.3) is 11.1 Å². The number of ether oxygens (including phenoxy) is 1. The molecule has 2 heterocycles. The molecule has 2 aromatic carbocycles. The predicted octanol–water partition coefficient (Wildman–Crippen LogP) is 4.90. The van der Waals surface area contributed by atoms with Gasteiger partial charge in [0, 0.05) is 44.8 Å². The number of likely N-dealkylation sites (N-methyl/N-ethyl adjacent to an activating group) is 1. The van der Waals surface area contributed by atoms with Crippen LogP contribution in [0.2, 0.25) is 0 Å². The Labute approximate surface area is 214 Å². The number of piperazine rings is 1. The number of hydrogen-bond donors (Lipinski definition) is 1. The summed E-state index contributed by atoms with van der Waals surface area (Å²) >= 11 is 0. The molecular weight excluding hydrogens is 454 g/mol. The molecule has 2 aliphatic heterocycles. The van der Waals surface area contributed by atoms with Crippen molar-refractivity contribution in [2.45, 2.75) is 66.3 Å². The van der Waals surface area contributed by atoms with Gasteiger partial charge in [-0.25, -0.2) is 9.59 Å². The number of benzene rings is 2. The number of aryl methyl sites for hydroxylation is 1. The molecule has 2 amide bonds. The predicted molar refractivity (Wildman–Crippen MR) is 141 cm³/mol. The van der Waals surface area contributed by atoms with E-state index in [-0.39, 0.29) is 6.03 Å². The van der Waals surface area contributed by atoms with Crippen molar-refractivity contribution in [1.29, 1.82) is 0 Å². The summed E-state index contributed by atoms with van der Waals surface area (Å²) in [7, 11) is 2.08. The average molecular weight is 494 g/mol. The Morgan fingerprint density at radius 1 is 0.889 bits per heavy atom. The van der Waals surface area contributed by atoms with E-state index >= 15 is 0 Å². The second-order valence-electron chi connectivity index (χ2n) is 11.2. The van der Waals surface area contributed by atoms with Crippen LogP contribution in [0.1, 0.15) is 60.3 Å². The molecule has 1 N–H and O–H groups in total. The van der Waals surface area contributed by atoms with Crippen LogP contribution >= 0.6 is 0 Å². The quantitative estimate of drug-likeness (QED) is 0.656. The van der Waals surface area contributed by atoms with Crippen LogP contribution in [0.15, 0.2) is 24.3 Å². The Balaban J connectivity index is 1.82. The Hall–Kier alpha value is -2.90. The zero-order chi connectivity index (χ0) is 26.4. The first kappa shape index (κ1) is 26.2. The first-order chi connectivity index (χ1) is 16.9. The fourth-order valence-corrected chi connectivity index (χ4v) is 5.36. The molecule has 194 valence electrons. The molecule has 0 bridgehead atoms. The van der Waals surface area contributed by atoms with Gasteiger partial charge in [-0.3, -0.25) is 0 Å². The Bertz CT molecular complexity index is 1160. The van der Waals surface area contributed by atoms with E-state index in [9.17, 15) is 14.7 Å². The minimum Gasteiger partial charge on any atom is -0.479 e. The number of carboxylic acid groups (broad SMARTS) is 1. The van der Waals surface area contributed by atoms with E-state index in [1.807, 2.05) is 68.7 Å². The van der Waals surface area contributed by atoms with E-state index in [0.29, 0.717) is 18.7 Å². The summed E-state index contributed by atoms with van der Waals surface area (Å²) in [5, 5.41) is 10.3. The highest BCUT2D eigenvalue weighted by molar-refractivity contribution is 5.85. The minimum absolute atomic E-state index is 0.0530. The molecule has 2 aliphatic rings. The SMILES string of the molecule is Cc1ccc(-c2c(C)c3c(c(C)c2C(OC(C)(C)C)C(=O)O)CN(C(=O)N2CCN(C)CC2)C3)cc1. The molecule has 7 heteroatoms. The van der Waals surface area contributed by atoms with Crippen LogP contribution in [0, 0.1) is 20.8 Å². The van der Waals surface area contributed by atoms with Crippen molar-refractivity contribution >= 4 is 12.0 Å². The van der Waals surface area contributed by atoms with E-state index in [1.165, 1.54) is 0 Å². The lowest BCUT2D eigenvalue weighted by atomic mass is 9.83. The third-order valence-electron chi connectivity index (χ3n) is 7.36. The molecule has 0 aliphatic carbocycles. The van der Waals surface area contributed by atoms with E-state index in [2.05, 4.69) is 18.9 Å². The highest BCUT2D eigenvalue weighted by Gasteiger charge is 2.37. The van der Waals surface area contributed by atoms with Crippen LogP contribution < -0.4 is 0 Å². The first-order valence-corrected chi connectivity index (χ1v) is 12.7. The Morgan fingerprint density at radius 2 is 1.44 bits per heavy atom. The lowest BCUT2D eigenvalue weighted by Gasteiger charge is -2.34. The maximum atomic E-state index is 13.4. The highest BCUT2D eigenvalue weighted by Crippen LogP contribution is 2.43. The molecule has 0 saturated carbocycles. The average Bonchev–Trinajstić information content (AvgIpc) is 3.26. The standard InChI is InChI=1S/C29H39N3O4/c1-18-8-10-21(11-9-18)24-19(2)22-16-32(28(35)31-14-12-30(7)13-15-31)17-23(22)20(3)25(24)26(27(33)34)36-29(4,5)6/h8-11,26H,12-17H2,1-7H3,(H,33,34). The number of fused-ring (bicyclic) bond motifs is 1. The minimum atomic E-state index is -1.12. The summed E-state index contributed by atoms with van der Waals surface area (Å²) < 4.78 is 6.15. The van der Waals surface area contributed by atoms with Gasteiger partial charge in [-0.1, -0.05) is 29.8 Å². The molecule has 0 aromatic heterocycles. The van der Waals surface area contributed by atoms with Crippen LogP contribution in [0.5, 0.6) is 0 Å². The van der Waals surface area contributed by atoms with Gasteiger partial charge in [0.1, 0.15) is 0 Å². The molecule has 0 radical (unpaired) electrons. The van der Waals surface area contributed by atoms with Gasteiger partial charge in [0.15, 0.2) is 6.10 Å². The van der Waals surface area contributed by atoms with Gasteiger partial charge in [0.2, 0.25) is 0 Å². The van der Waals surface area contributed by atoms with Gasteiger partial charge >= 0.3 is 12.0 Å². The highest BCUT2D eigenvalue weighted by atomic mass is 16.5. The van der Waals surface area contributed by atoms with Gasteiger partial charge in [0.25, 0.3) is 0 Å². The lowest BCUT2D eigenvalue weighted by molar-refractivity contribution is -0.160. The number of carbonyl (C=O) groups is 2. The molecule has 36 heavy (non-hydrogen) atoms. The summed E-state index contributed by atoms with van der Waals surface area (Å²) in [6, 6.07) is 8.24. The third-order valence-corrected chi connectivity index (χ3v) is 7.36. The van der Waals surface area contributed by atoms with Gasteiger partial charge in [-0.2, -0.15) is 0 Å². The second kappa shape index (κ2) is 9.87. The number of rotatable bonds is 4. The fourth-order valence-electron chi connectivity index (χ4n) is 5.36. The smallest absolute Gasteiger partial charge is 0.337 e. The monoisotopic (exact) mass is 493 g/mol. The van der Waals surface area contributed by atoms with Gasteiger partial charge in [-0.15, -0.1) is 0 Å². The van der Waals surface area contributed by atoms with Crippen LogP contribution in [-0.2, 0) is 22.6 Å². The number of urea groups is 1. The summed E-state index contributed by atoms with van der Waals surface area (Å²) in [6.45, 7) is 15.9. The zero-order valence-corrected chi connectivity index (χ0v) is 22.6. The number of hydrogen-bond acceptors (Lipinski definition) is 4. The van der Waals surface area contributed by atoms with Crippen molar-refractivity contribution in [1.82, 2.24) is 14.7 Å². The number of aliphatic carboxylic acids is 1. The van der Waals surface area contributed by atoms with Crippen molar-refractivity contribution in [2.75, 3.05) is 33.2 Å². The Kier molecular flexibility index (Phi) is 7.17. The van der Waals surface area contributed by atoms with Crippen molar-refractivity contribution in [2.24, 2.45) is 0 Å². The Morgan fingerprint density at radius 3 is 1.97 bits per heavy atom. The largest absolute Gasteiger partial charge is 0.479 e. The van der Waals surface area contributed by atoms with Crippen LogP contribution in [-0.4, -0.2) is 70.6 Å². The summed E-state index contributed by atoms with van der Waals surface area (Å²) in [4.78, 5) is 32.1. The van der Waals surface area contributed by atoms with Gasteiger partial charge in [0.05, 0.1) is 5.60 Å².